The molecular weight excluding hydrogens is 215 g/mol. The summed E-state index contributed by atoms with van der Waals surface area (Å²) in [6.45, 7) is 0. The molecule has 1 aromatic heterocycles. The van der Waals surface area contributed by atoms with Crippen molar-refractivity contribution in [2.75, 3.05) is 0 Å². The van der Waals surface area contributed by atoms with Crippen LogP contribution in [0.25, 0.3) is 10.2 Å². The summed E-state index contributed by atoms with van der Waals surface area (Å²) in [6, 6.07) is 7.33. The summed E-state index contributed by atoms with van der Waals surface area (Å²) in [7, 11) is 0. The van der Waals surface area contributed by atoms with E-state index < -0.39 is 0 Å². The fraction of sp³-hybridized carbons (Fsp3) is 0. The second kappa shape index (κ2) is 4.58. The van der Waals surface area contributed by atoms with Gasteiger partial charge in [-0.15, -0.1) is 0 Å². The van der Waals surface area contributed by atoms with Crippen molar-refractivity contribution in [3.63, 3.8) is 0 Å². The van der Waals surface area contributed by atoms with E-state index in [4.69, 9.17) is 5.21 Å². The molecule has 1 aromatic carbocycles. The standard InChI is InChI=1S/C7H5N2O2S.K.H/c10-9(11)7-8-5-3-1-2-4-6(5)12-7;;/h1-4H,(H,10,11);;/q+1;;. The van der Waals surface area contributed by atoms with Crippen molar-refractivity contribution >= 4 is 78.1 Å². The summed E-state index contributed by atoms with van der Waals surface area (Å²) in [4.78, 5) is 14.1. The van der Waals surface area contributed by atoms with Crippen LogP contribution in [0.4, 0.5) is 5.13 Å². The third-order valence-corrected chi connectivity index (χ3v) is 2.44. The fourth-order valence-corrected chi connectivity index (χ4v) is 1.73. The van der Waals surface area contributed by atoms with Gasteiger partial charge >= 0.3 is 56.5 Å². The summed E-state index contributed by atoms with van der Waals surface area (Å²) in [5.74, 6) is 0. The molecule has 2 rings (SSSR count). The van der Waals surface area contributed by atoms with Gasteiger partial charge in [0.15, 0.2) is 10.4 Å². The van der Waals surface area contributed by atoms with E-state index in [9.17, 15) is 4.91 Å². The third-order valence-electron chi connectivity index (χ3n) is 1.45. The molecule has 0 bridgehead atoms. The Bertz CT molecular complexity index is 410. The maximum atomic E-state index is 10.4. The monoisotopic (exact) mass is 221 g/mol. The molecule has 62 valence electrons. The Morgan fingerprint density at radius 3 is 2.69 bits per heavy atom. The van der Waals surface area contributed by atoms with Crippen LogP contribution in [0.15, 0.2) is 24.3 Å². The number of benzene rings is 1. The molecule has 0 spiro atoms. The molecule has 0 aliphatic rings. The molecule has 0 aliphatic heterocycles. The van der Waals surface area contributed by atoms with Crippen molar-refractivity contribution in [1.82, 2.24) is 4.98 Å². The summed E-state index contributed by atoms with van der Waals surface area (Å²) >= 11 is 1.16. The van der Waals surface area contributed by atoms with Crippen molar-refractivity contribution in [3.05, 3.63) is 29.2 Å². The topological polar surface area (TPSA) is 53.2 Å². The van der Waals surface area contributed by atoms with Gasteiger partial charge < -0.3 is 5.21 Å². The second-order valence-corrected chi connectivity index (χ2v) is 3.25. The van der Waals surface area contributed by atoms with Crippen LogP contribution < -0.4 is 0 Å². The summed E-state index contributed by atoms with van der Waals surface area (Å²) in [6.07, 6.45) is 0. The van der Waals surface area contributed by atoms with E-state index in [1.165, 1.54) is 0 Å². The van der Waals surface area contributed by atoms with Crippen LogP contribution >= 0.6 is 11.3 Å². The van der Waals surface area contributed by atoms with Gasteiger partial charge in [-0.05, 0) is 33.4 Å². The number of hydrogen-bond acceptors (Lipinski definition) is 3. The summed E-state index contributed by atoms with van der Waals surface area (Å²) < 4.78 is 0.891. The second-order valence-electron chi connectivity index (χ2n) is 2.24. The minimum atomic E-state index is -0.218. The molecule has 4 nitrogen and oxygen atoms in total. The van der Waals surface area contributed by atoms with E-state index in [1.807, 2.05) is 18.2 Å². The molecule has 1 N–H and O–H groups in total. The predicted molar refractivity (Wildman–Crippen MR) is 51.8 cm³/mol. The first-order valence-electron chi connectivity index (χ1n) is 3.29. The van der Waals surface area contributed by atoms with Crippen molar-refractivity contribution in [3.8, 4) is 0 Å². The summed E-state index contributed by atoms with van der Waals surface area (Å²) in [5, 5.41) is 8.62. The van der Waals surface area contributed by atoms with Crippen molar-refractivity contribution in [2.24, 2.45) is 0 Å². The Morgan fingerprint density at radius 2 is 2.08 bits per heavy atom. The number of para-hydroxylation sites is 1. The molecule has 1 heterocycles. The molecule has 2 aromatic rings. The Kier molecular flexibility index (Phi) is 3.96. The summed E-state index contributed by atoms with van der Waals surface area (Å²) in [5.41, 5.74) is 0.729. The van der Waals surface area contributed by atoms with Crippen LogP contribution in [-0.4, -0.2) is 66.5 Å². The number of nitrogens with zero attached hydrogens (tertiary/aromatic N) is 2. The Hall–Kier alpha value is 0.146. The Balaban J connectivity index is 0.000000845. The van der Waals surface area contributed by atoms with Crippen LogP contribution in [0.5, 0.6) is 0 Å². The average Bonchev–Trinajstić information content (AvgIpc) is 2.46. The van der Waals surface area contributed by atoms with Gasteiger partial charge in [0.05, 0.1) is 4.70 Å². The van der Waals surface area contributed by atoms with Gasteiger partial charge in [-0.3, -0.25) is 0 Å². The van der Waals surface area contributed by atoms with Gasteiger partial charge in [0.25, 0.3) is 0 Å². The van der Waals surface area contributed by atoms with E-state index in [-0.39, 0.29) is 61.4 Å². The molecule has 0 saturated carbocycles. The Morgan fingerprint density at radius 1 is 1.38 bits per heavy atom. The molecule has 0 aliphatic carbocycles. The SMILES string of the molecule is O=[N+](O)c1nc2ccccc2s1.[KH]. The molecule has 6 heteroatoms. The first-order chi connectivity index (χ1) is 5.77. The van der Waals surface area contributed by atoms with Gasteiger partial charge in [0, 0.05) is 0 Å². The van der Waals surface area contributed by atoms with Gasteiger partial charge in [-0.1, -0.05) is 12.1 Å². The number of aromatic nitrogens is 1. The van der Waals surface area contributed by atoms with Crippen molar-refractivity contribution in [1.29, 1.82) is 0 Å². The van der Waals surface area contributed by atoms with Gasteiger partial charge in [-0.2, -0.15) is 0 Å². The number of thiazole rings is 1. The average molecular weight is 221 g/mol. The minimum absolute atomic E-state index is 0. The fourth-order valence-electron chi connectivity index (χ4n) is 0.942. The third kappa shape index (κ3) is 2.33. The Labute approximate surface area is 121 Å². The van der Waals surface area contributed by atoms with E-state index >= 15 is 0 Å². The predicted octanol–water partition coefficient (Wildman–Crippen LogP) is 1.45. The number of rotatable bonds is 1. The quantitative estimate of drug-likeness (QED) is 0.585. The molecule has 0 atom stereocenters. The van der Waals surface area contributed by atoms with E-state index in [2.05, 4.69) is 4.98 Å². The first-order valence-corrected chi connectivity index (χ1v) is 4.11. The van der Waals surface area contributed by atoms with E-state index in [0.717, 1.165) is 21.6 Å². The first kappa shape index (κ1) is 11.2. The van der Waals surface area contributed by atoms with Crippen LogP contribution in [-0.2, 0) is 0 Å². The number of hydrogen-bond donors (Lipinski definition) is 1. The zero-order valence-corrected chi connectivity index (χ0v) is 6.78. The molecular formula is C7H6KN2O2S+. The number of fused-ring (bicyclic) bond motifs is 1. The van der Waals surface area contributed by atoms with Crippen molar-refractivity contribution in [2.45, 2.75) is 0 Å². The molecule has 0 radical (unpaired) electrons. The molecule has 13 heavy (non-hydrogen) atoms. The van der Waals surface area contributed by atoms with Gasteiger partial charge in [-0.25, -0.2) is 0 Å². The van der Waals surface area contributed by atoms with Crippen LogP contribution in [0.2, 0.25) is 0 Å². The van der Waals surface area contributed by atoms with Crippen LogP contribution in [0.1, 0.15) is 0 Å². The molecule has 0 amide bonds. The molecule has 0 fully saturated rings. The normalized spacial score (nSPS) is 9.54. The van der Waals surface area contributed by atoms with Crippen LogP contribution in [0.3, 0.4) is 0 Å². The van der Waals surface area contributed by atoms with Crippen LogP contribution in [0, 0.1) is 4.91 Å². The van der Waals surface area contributed by atoms with Gasteiger partial charge in [0.2, 0.25) is 0 Å². The zero-order valence-electron chi connectivity index (χ0n) is 5.97. The van der Waals surface area contributed by atoms with Gasteiger partial charge in [0.1, 0.15) is 0 Å². The van der Waals surface area contributed by atoms with Crippen molar-refractivity contribution < 1.29 is 10.1 Å². The maximum absolute atomic E-state index is 10.4. The van der Waals surface area contributed by atoms with E-state index in [0.29, 0.717) is 0 Å². The zero-order chi connectivity index (χ0) is 8.55. The van der Waals surface area contributed by atoms with E-state index in [1.54, 1.807) is 6.07 Å². The molecule has 0 saturated heterocycles. The molecule has 0 unspecified atom stereocenters.